The highest BCUT2D eigenvalue weighted by molar-refractivity contribution is 7.90. The number of nitrogens with zero attached hydrogens (tertiary/aromatic N) is 5. The fourth-order valence-electron chi connectivity index (χ4n) is 2.76. The molecule has 0 amide bonds. The maximum atomic E-state index is 11.8. The summed E-state index contributed by atoms with van der Waals surface area (Å²) in [6.45, 7) is 3.35. The second-order valence-corrected chi connectivity index (χ2v) is 8.22. The Morgan fingerprint density at radius 2 is 1.59 bits per heavy atom. The lowest BCUT2D eigenvalue weighted by Gasteiger charge is -2.36. The molecule has 10 heteroatoms. The molecule has 27 heavy (non-hydrogen) atoms. The largest absolute Gasteiger partial charge is 0.497 e. The second-order valence-electron chi connectivity index (χ2n) is 6.34. The molecular formula is C17H24N6O3S. The first-order chi connectivity index (χ1) is 12.9. The number of anilines is 3. The Morgan fingerprint density at radius 1 is 0.963 bits per heavy atom. The van der Waals surface area contributed by atoms with Crippen LogP contribution in [0.3, 0.4) is 0 Å². The van der Waals surface area contributed by atoms with Crippen LogP contribution in [-0.4, -0.2) is 70.3 Å². The van der Waals surface area contributed by atoms with Gasteiger partial charge in [-0.1, -0.05) is 0 Å². The number of methoxy groups -OCH3 is 1. The Bertz CT molecular complexity index is 847. The first kappa shape index (κ1) is 19.2. The third kappa shape index (κ3) is 4.58. The molecule has 1 saturated heterocycles. The van der Waals surface area contributed by atoms with Crippen LogP contribution in [0.25, 0.3) is 0 Å². The molecule has 0 atom stereocenters. The molecule has 0 radical (unpaired) electrons. The van der Waals surface area contributed by atoms with Crippen molar-refractivity contribution in [1.82, 2.24) is 14.5 Å². The van der Waals surface area contributed by atoms with Gasteiger partial charge in [0.15, 0.2) is 11.6 Å². The van der Waals surface area contributed by atoms with E-state index in [1.165, 1.54) is 14.1 Å². The highest BCUT2D eigenvalue weighted by Crippen LogP contribution is 2.22. The minimum atomic E-state index is -3.58. The van der Waals surface area contributed by atoms with E-state index in [4.69, 9.17) is 4.74 Å². The summed E-state index contributed by atoms with van der Waals surface area (Å²) >= 11 is 0. The fraction of sp³-hybridized carbons (Fsp3) is 0.412. The number of hydrogen-bond acceptors (Lipinski definition) is 7. The van der Waals surface area contributed by atoms with Crippen LogP contribution in [0.15, 0.2) is 36.4 Å². The first-order valence-electron chi connectivity index (χ1n) is 8.57. The lowest BCUT2D eigenvalue weighted by atomic mass is 10.2. The summed E-state index contributed by atoms with van der Waals surface area (Å²) < 4.78 is 32.3. The highest BCUT2D eigenvalue weighted by Gasteiger charge is 2.19. The Hall–Kier alpha value is -2.59. The third-order valence-electron chi connectivity index (χ3n) is 4.41. The van der Waals surface area contributed by atoms with Crippen molar-refractivity contribution in [3.8, 4) is 5.75 Å². The summed E-state index contributed by atoms with van der Waals surface area (Å²) in [5.41, 5.74) is 1.16. The van der Waals surface area contributed by atoms with E-state index < -0.39 is 10.2 Å². The average molecular weight is 392 g/mol. The van der Waals surface area contributed by atoms with Crippen molar-refractivity contribution in [2.45, 2.75) is 0 Å². The van der Waals surface area contributed by atoms with E-state index in [0.717, 1.165) is 47.7 Å². The van der Waals surface area contributed by atoms with Crippen molar-refractivity contribution in [3.05, 3.63) is 36.4 Å². The molecule has 146 valence electrons. The van der Waals surface area contributed by atoms with Gasteiger partial charge >= 0.3 is 10.2 Å². The zero-order valence-electron chi connectivity index (χ0n) is 15.7. The van der Waals surface area contributed by atoms with Gasteiger partial charge in [0.25, 0.3) is 0 Å². The van der Waals surface area contributed by atoms with E-state index in [2.05, 4.69) is 36.9 Å². The van der Waals surface area contributed by atoms with Crippen molar-refractivity contribution in [2.75, 3.05) is 61.9 Å². The molecule has 1 aliphatic heterocycles. The maximum Gasteiger partial charge on any atom is 0.302 e. The van der Waals surface area contributed by atoms with E-state index in [0.29, 0.717) is 0 Å². The molecule has 1 N–H and O–H groups in total. The smallest absolute Gasteiger partial charge is 0.302 e. The monoisotopic (exact) mass is 392 g/mol. The van der Waals surface area contributed by atoms with Crippen molar-refractivity contribution >= 4 is 27.5 Å². The van der Waals surface area contributed by atoms with E-state index in [1.807, 2.05) is 12.1 Å². The number of piperazine rings is 1. The summed E-state index contributed by atoms with van der Waals surface area (Å²) in [5.74, 6) is 1.78. The van der Waals surface area contributed by atoms with Gasteiger partial charge in [-0.25, -0.2) is 0 Å². The third-order valence-corrected chi connectivity index (χ3v) is 5.83. The molecule has 3 rings (SSSR count). The molecule has 1 aliphatic rings. The first-order valence-corrected chi connectivity index (χ1v) is 10.0. The quantitative estimate of drug-likeness (QED) is 0.785. The van der Waals surface area contributed by atoms with Gasteiger partial charge in [-0.05, 0) is 36.4 Å². The van der Waals surface area contributed by atoms with Crippen LogP contribution in [0, 0.1) is 0 Å². The SMILES string of the molecule is COc1ccc(N2CCN(c3ccc(NS(=O)(=O)N(C)C)nn3)CC2)cc1. The molecule has 9 nitrogen and oxygen atoms in total. The van der Waals surface area contributed by atoms with Gasteiger partial charge in [0, 0.05) is 46.0 Å². The molecule has 1 aromatic heterocycles. The molecule has 0 saturated carbocycles. The molecular weight excluding hydrogens is 368 g/mol. The van der Waals surface area contributed by atoms with E-state index in [1.54, 1.807) is 19.2 Å². The minimum Gasteiger partial charge on any atom is -0.497 e. The van der Waals surface area contributed by atoms with Gasteiger partial charge in [0.05, 0.1) is 7.11 Å². The highest BCUT2D eigenvalue weighted by atomic mass is 32.2. The van der Waals surface area contributed by atoms with Crippen LogP contribution < -0.4 is 19.3 Å². The molecule has 0 bridgehead atoms. The fourth-order valence-corrected chi connectivity index (χ4v) is 3.31. The van der Waals surface area contributed by atoms with Crippen LogP contribution in [0.1, 0.15) is 0 Å². The number of hydrogen-bond donors (Lipinski definition) is 1. The van der Waals surface area contributed by atoms with Gasteiger partial charge in [0.2, 0.25) is 0 Å². The minimum absolute atomic E-state index is 0.198. The van der Waals surface area contributed by atoms with Crippen LogP contribution in [0.2, 0.25) is 0 Å². The summed E-state index contributed by atoms with van der Waals surface area (Å²) in [6.07, 6.45) is 0. The van der Waals surface area contributed by atoms with Crippen molar-refractivity contribution in [1.29, 1.82) is 0 Å². The number of rotatable bonds is 6. The Morgan fingerprint density at radius 3 is 2.11 bits per heavy atom. The van der Waals surface area contributed by atoms with E-state index >= 15 is 0 Å². The molecule has 0 unspecified atom stereocenters. The molecule has 2 aromatic rings. The number of benzene rings is 1. The normalized spacial score (nSPS) is 15.1. The molecule has 0 spiro atoms. The second kappa shape index (κ2) is 7.97. The number of nitrogens with one attached hydrogen (secondary N) is 1. The topological polar surface area (TPSA) is 90.9 Å². The number of aromatic nitrogens is 2. The van der Waals surface area contributed by atoms with Crippen LogP contribution >= 0.6 is 0 Å². The van der Waals surface area contributed by atoms with Gasteiger partial charge in [-0.3, -0.25) is 4.72 Å². The van der Waals surface area contributed by atoms with E-state index in [9.17, 15) is 8.42 Å². The van der Waals surface area contributed by atoms with Crippen molar-refractivity contribution < 1.29 is 13.2 Å². The summed E-state index contributed by atoms with van der Waals surface area (Å²) in [5, 5.41) is 8.14. The van der Waals surface area contributed by atoms with Gasteiger partial charge in [0.1, 0.15) is 5.75 Å². The lowest BCUT2D eigenvalue weighted by molar-refractivity contribution is 0.415. The summed E-state index contributed by atoms with van der Waals surface area (Å²) in [7, 11) is 0.980. The zero-order valence-corrected chi connectivity index (χ0v) is 16.5. The summed E-state index contributed by atoms with van der Waals surface area (Å²) in [4.78, 5) is 4.44. The zero-order chi connectivity index (χ0) is 19.4. The van der Waals surface area contributed by atoms with Gasteiger partial charge in [-0.2, -0.15) is 12.7 Å². The van der Waals surface area contributed by atoms with Crippen LogP contribution in [0.4, 0.5) is 17.3 Å². The number of ether oxygens (including phenoxy) is 1. The van der Waals surface area contributed by atoms with Crippen molar-refractivity contribution in [2.24, 2.45) is 0 Å². The van der Waals surface area contributed by atoms with Crippen molar-refractivity contribution in [3.63, 3.8) is 0 Å². The predicted molar refractivity (Wildman–Crippen MR) is 106 cm³/mol. The van der Waals surface area contributed by atoms with Crippen LogP contribution in [-0.2, 0) is 10.2 Å². The molecule has 1 aromatic carbocycles. The Kier molecular flexibility index (Phi) is 5.66. The molecule has 2 heterocycles. The summed E-state index contributed by atoms with van der Waals surface area (Å²) in [6, 6.07) is 11.4. The maximum absolute atomic E-state index is 11.8. The van der Waals surface area contributed by atoms with Gasteiger partial charge in [-0.15, -0.1) is 10.2 Å². The van der Waals surface area contributed by atoms with Crippen LogP contribution in [0.5, 0.6) is 5.75 Å². The Balaban J connectivity index is 1.59. The predicted octanol–water partition coefficient (Wildman–Crippen LogP) is 1.03. The standard InChI is InChI=1S/C17H24N6O3S/c1-21(2)27(24,25)20-16-8-9-17(19-18-16)23-12-10-22(11-13-23)14-4-6-15(26-3)7-5-14/h4-9H,10-13H2,1-3H3,(H,18,20). The van der Waals surface area contributed by atoms with E-state index in [-0.39, 0.29) is 5.82 Å². The van der Waals surface area contributed by atoms with Gasteiger partial charge < -0.3 is 14.5 Å². The molecule has 1 fully saturated rings. The average Bonchev–Trinajstić information content (AvgIpc) is 2.68. The molecule has 0 aliphatic carbocycles. The Labute approximate surface area is 159 Å². The lowest BCUT2D eigenvalue weighted by Crippen LogP contribution is -2.46.